The molecule has 0 unspecified atom stereocenters. The van der Waals surface area contributed by atoms with Gasteiger partial charge < -0.3 is 25.1 Å². The van der Waals surface area contributed by atoms with Gasteiger partial charge in [0.15, 0.2) is 0 Å². The number of carbonyl (C=O) groups excluding carboxylic acids is 1. The van der Waals surface area contributed by atoms with E-state index in [4.69, 9.17) is 0 Å². The van der Waals surface area contributed by atoms with E-state index >= 15 is 0 Å². The number of rotatable bonds is 15. The standard InChI is InChI=1S/C25H43N7O/c1-3-17-31(18-4-2)22-10-8-21(9-11-22)26-12-6-5-7-25(33)32(19-23-27-13-14-28-23)20-24-29-15-16-30-24/h13-16,21-22,26H,3-12,17-20H2,1-2H3,(H,27,28)(H,29,30)/t21-,22-. The molecule has 0 atom stereocenters. The Morgan fingerprint density at radius 3 is 2.09 bits per heavy atom. The lowest BCUT2D eigenvalue weighted by atomic mass is 9.90. The number of nitrogens with one attached hydrogen (secondary N) is 3. The van der Waals surface area contributed by atoms with Crippen LogP contribution in [0.15, 0.2) is 24.8 Å². The number of aromatic amines is 2. The van der Waals surface area contributed by atoms with Crippen LogP contribution >= 0.6 is 0 Å². The minimum absolute atomic E-state index is 0.148. The predicted molar refractivity (Wildman–Crippen MR) is 131 cm³/mol. The van der Waals surface area contributed by atoms with Gasteiger partial charge >= 0.3 is 0 Å². The molecule has 1 amide bonds. The van der Waals surface area contributed by atoms with Crippen LogP contribution < -0.4 is 5.32 Å². The van der Waals surface area contributed by atoms with Crippen LogP contribution in [0.2, 0.25) is 0 Å². The summed E-state index contributed by atoms with van der Waals surface area (Å²) in [6.45, 7) is 8.99. The maximum absolute atomic E-state index is 12.9. The molecule has 2 heterocycles. The highest BCUT2D eigenvalue weighted by atomic mass is 16.2. The van der Waals surface area contributed by atoms with Crippen LogP contribution in [0, 0.1) is 0 Å². The van der Waals surface area contributed by atoms with Crippen molar-refractivity contribution in [3.63, 3.8) is 0 Å². The van der Waals surface area contributed by atoms with Crippen molar-refractivity contribution in [3.05, 3.63) is 36.4 Å². The first-order chi connectivity index (χ1) is 16.2. The molecule has 184 valence electrons. The molecule has 0 aromatic carbocycles. The van der Waals surface area contributed by atoms with Crippen LogP contribution in [0.3, 0.4) is 0 Å². The van der Waals surface area contributed by atoms with E-state index in [0.29, 0.717) is 25.6 Å². The van der Waals surface area contributed by atoms with Crippen molar-refractivity contribution in [2.45, 2.75) is 96.8 Å². The number of hydrogen-bond acceptors (Lipinski definition) is 5. The van der Waals surface area contributed by atoms with Crippen LogP contribution in [0.4, 0.5) is 0 Å². The Bertz CT molecular complexity index is 712. The summed E-state index contributed by atoms with van der Waals surface area (Å²) in [5, 5.41) is 3.75. The number of H-pyrrole nitrogens is 2. The lowest BCUT2D eigenvalue weighted by Gasteiger charge is -2.37. The number of imidazole rings is 2. The Morgan fingerprint density at radius 1 is 0.970 bits per heavy atom. The Labute approximate surface area is 199 Å². The fourth-order valence-corrected chi connectivity index (χ4v) is 4.92. The van der Waals surface area contributed by atoms with Gasteiger partial charge in [-0.25, -0.2) is 9.97 Å². The summed E-state index contributed by atoms with van der Waals surface area (Å²) in [6.07, 6.45) is 17.1. The molecule has 33 heavy (non-hydrogen) atoms. The van der Waals surface area contributed by atoms with Gasteiger partial charge in [-0.15, -0.1) is 0 Å². The third-order valence-electron chi connectivity index (χ3n) is 6.63. The van der Waals surface area contributed by atoms with Crippen molar-refractivity contribution in [3.8, 4) is 0 Å². The van der Waals surface area contributed by atoms with E-state index in [9.17, 15) is 4.79 Å². The normalized spacial score (nSPS) is 18.6. The number of carbonyl (C=O) groups is 1. The SMILES string of the molecule is CCCN(CCC)[C@H]1CC[C@H](NCCCCC(=O)N(Cc2ncc[nH]2)Cc2ncc[nH]2)CC1. The zero-order valence-corrected chi connectivity index (χ0v) is 20.6. The summed E-state index contributed by atoms with van der Waals surface area (Å²) in [4.78, 5) is 32.1. The van der Waals surface area contributed by atoms with Crippen LogP contribution in [-0.2, 0) is 17.9 Å². The first kappa shape index (κ1) is 25.4. The molecule has 1 aliphatic rings. The van der Waals surface area contributed by atoms with Crippen LogP contribution in [0.5, 0.6) is 0 Å². The van der Waals surface area contributed by atoms with E-state index in [1.54, 1.807) is 24.8 Å². The number of hydrogen-bond donors (Lipinski definition) is 3. The second-order valence-corrected chi connectivity index (χ2v) is 9.27. The van der Waals surface area contributed by atoms with Gasteiger partial charge in [-0.05, 0) is 71.0 Å². The summed E-state index contributed by atoms with van der Waals surface area (Å²) in [6, 6.07) is 1.41. The van der Waals surface area contributed by atoms with Crippen molar-refractivity contribution in [1.82, 2.24) is 35.1 Å². The monoisotopic (exact) mass is 457 g/mol. The largest absolute Gasteiger partial charge is 0.347 e. The predicted octanol–water partition coefficient (Wildman–Crippen LogP) is 3.85. The lowest BCUT2D eigenvalue weighted by molar-refractivity contribution is -0.132. The van der Waals surface area contributed by atoms with Gasteiger partial charge in [-0.3, -0.25) is 4.79 Å². The van der Waals surface area contributed by atoms with Crippen molar-refractivity contribution < 1.29 is 4.79 Å². The molecule has 0 saturated heterocycles. The number of aromatic nitrogens is 4. The molecule has 0 aliphatic heterocycles. The van der Waals surface area contributed by atoms with E-state index in [0.717, 1.165) is 37.1 Å². The third kappa shape index (κ3) is 8.59. The Balaban J connectivity index is 1.33. The molecule has 0 spiro atoms. The van der Waals surface area contributed by atoms with E-state index < -0.39 is 0 Å². The molecular formula is C25H43N7O. The summed E-state index contributed by atoms with van der Waals surface area (Å²) >= 11 is 0. The average Bonchev–Trinajstić information content (AvgIpc) is 3.53. The second kappa shape index (κ2) is 14.2. The highest BCUT2D eigenvalue weighted by molar-refractivity contribution is 5.76. The topological polar surface area (TPSA) is 92.9 Å². The van der Waals surface area contributed by atoms with Gasteiger partial charge in [0, 0.05) is 43.3 Å². The Hall–Kier alpha value is -2.19. The average molecular weight is 458 g/mol. The lowest BCUT2D eigenvalue weighted by Crippen LogP contribution is -2.43. The van der Waals surface area contributed by atoms with E-state index in [1.807, 2.05) is 4.90 Å². The van der Waals surface area contributed by atoms with Gasteiger partial charge in [-0.2, -0.15) is 0 Å². The van der Waals surface area contributed by atoms with E-state index in [-0.39, 0.29) is 5.91 Å². The molecule has 8 nitrogen and oxygen atoms in total. The molecule has 8 heteroatoms. The van der Waals surface area contributed by atoms with Crippen molar-refractivity contribution >= 4 is 5.91 Å². The van der Waals surface area contributed by atoms with Gasteiger partial charge in [0.25, 0.3) is 0 Å². The minimum atomic E-state index is 0.148. The fraction of sp³-hybridized carbons (Fsp3) is 0.720. The number of unbranched alkanes of at least 4 members (excludes halogenated alkanes) is 1. The highest BCUT2D eigenvalue weighted by Gasteiger charge is 2.24. The minimum Gasteiger partial charge on any atom is -0.347 e. The number of nitrogens with zero attached hydrogens (tertiary/aromatic N) is 4. The zero-order chi connectivity index (χ0) is 23.3. The summed E-state index contributed by atoms with van der Waals surface area (Å²) in [5.41, 5.74) is 0. The van der Waals surface area contributed by atoms with Crippen LogP contribution in [0.1, 0.15) is 83.3 Å². The molecule has 0 radical (unpaired) electrons. The molecule has 3 N–H and O–H groups in total. The molecular weight excluding hydrogens is 414 g/mol. The second-order valence-electron chi connectivity index (χ2n) is 9.27. The molecule has 0 bridgehead atoms. The quantitative estimate of drug-likeness (QED) is 0.353. The molecule has 1 fully saturated rings. The Morgan fingerprint density at radius 2 is 1.58 bits per heavy atom. The van der Waals surface area contributed by atoms with Gasteiger partial charge in [-0.1, -0.05) is 13.8 Å². The molecule has 1 aliphatic carbocycles. The summed E-state index contributed by atoms with van der Waals surface area (Å²) in [5.74, 6) is 1.74. The Kier molecular flexibility index (Phi) is 10.9. The smallest absolute Gasteiger partial charge is 0.223 e. The van der Waals surface area contributed by atoms with E-state index in [2.05, 4.69) is 44.0 Å². The maximum atomic E-state index is 12.9. The van der Waals surface area contributed by atoms with Gasteiger partial charge in [0.1, 0.15) is 11.6 Å². The van der Waals surface area contributed by atoms with Crippen molar-refractivity contribution in [2.24, 2.45) is 0 Å². The zero-order valence-electron chi connectivity index (χ0n) is 20.6. The van der Waals surface area contributed by atoms with Crippen molar-refractivity contribution in [2.75, 3.05) is 19.6 Å². The fourth-order valence-electron chi connectivity index (χ4n) is 4.92. The summed E-state index contributed by atoms with van der Waals surface area (Å²) in [7, 11) is 0. The molecule has 3 rings (SSSR count). The molecule has 2 aromatic rings. The van der Waals surface area contributed by atoms with Crippen LogP contribution in [-0.4, -0.2) is 67.4 Å². The van der Waals surface area contributed by atoms with Gasteiger partial charge in [0.05, 0.1) is 13.1 Å². The van der Waals surface area contributed by atoms with Crippen molar-refractivity contribution in [1.29, 1.82) is 0 Å². The first-order valence-corrected chi connectivity index (χ1v) is 12.9. The number of amides is 1. The summed E-state index contributed by atoms with van der Waals surface area (Å²) < 4.78 is 0. The first-order valence-electron chi connectivity index (χ1n) is 12.9. The van der Waals surface area contributed by atoms with Gasteiger partial charge in [0.2, 0.25) is 5.91 Å². The molecule has 1 saturated carbocycles. The highest BCUT2D eigenvalue weighted by Crippen LogP contribution is 2.23. The molecule has 2 aromatic heterocycles. The maximum Gasteiger partial charge on any atom is 0.223 e. The third-order valence-corrected chi connectivity index (χ3v) is 6.63. The van der Waals surface area contributed by atoms with E-state index in [1.165, 1.54) is 51.6 Å². The van der Waals surface area contributed by atoms with Crippen LogP contribution in [0.25, 0.3) is 0 Å².